The zero-order chi connectivity index (χ0) is 24.3. The summed E-state index contributed by atoms with van der Waals surface area (Å²) in [5.41, 5.74) is 1.57. The number of methoxy groups -OCH3 is 1. The highest BCUT2D eigenvalue weighted by atomic mass is 32.2. The van der Waals surface area contributed by atoms with Gasteiger partial charge in [-0.05, 0) is 42.0 Å². The van der Waals surface area contributed by atoms with E-state index in [0.29, 0.717) is 37.6 Å². The number of rotatable bonds is 7. The first kappa shape index (κ1) is 24.0. The predicted octanol–water partition coefficient (Wildman–Crippen LogP) is 1.62. The summed E-state index contributed by atoms with van der Waals surface area (Å²) in [4.78, 5) is 30.0. The molecule has 2 aliphatic heterocycles. The van der Waals surface area contributed by atoms with E-state index in [-0.39, 0.29) is 22.6 Å². The van der Waals surface area contributed by atoms with E-state index in [4.69, 9.17) is 4.74 Å². The fourth-order valence-electron chi connectivity index (χ4n) is 4.18. The molecule has 0 spiro atoms. The van der Waals surface area contributed by atoms with Crippen molar-refractivity contribution >= 4 is 27.5 Å². The van der Waals surface area contributed by atoms with Crippen LogP contribution >= 0.6 is 0 Å². The average molecular weight is 487 g/mol. The van der Waals surface area contributed by atoms with Gasteiger partial charge in [0, 0.05) is 58.4 Å². The molecule has 2 fully saturated rings. The lowest BCUT2D eigenvalue weighted by atomic mass is 9.98. The molecule has 34 heavy (non-hydrogen) atoms. The second-order valence-corrected chi connectivity index (χ2v) is 10.4. The Hall–Kier alpha value is -3.11. The van der Waals surface area contributed by atoms with Gasteiger partial charge in [-0.15, -0.1) is 0 Å². The number of ether oxygens (including phenoxy) is 1. The maximum absolute atomic E-state index is 12.6. The van der Waals surface area contributed by atoms with E-state index in [9.17, 15) is 18.0 Å². The molecular weight excluding hydrogens is 456 g/mol. The SMILES string of the molecule is COc1ccc(S(=O)(=O)Nc2ccc(CN3CCN(C(=O)C4CN(C(C)=O)C4)CC3)cc2)cc1. The summed E-state index contributed by atoms with van der Waals surface area (Å²) in [5, 5.41) is 0. The highest BCUT2D eigenvalue weighted by molar-refractivity contribution is 7.92. The molecule has 9 nitrogen and oxygen atoms in total. The number of nitrogens with zero attached hydrogens (tertiary/aromatic N) is 3. The van der Waals surface area contributed by atoms with Crippen molar-refractivity contribution in [3.05, 3.63) is 54.1 Å². The number of piperazine rings is 1. The molecule has 10 heteroatoms. The van der Waals surface area contributed by atoms with E-state index in [0.717, 1.165) is 25.2 Å². The molecule has 2 aliphatic rings. The molecule has 2 saturated heterocycles. The number of nitrogens with one attached hydrogen (secondary N) is 1. The molecule has 0 saturated carbocycles. The Morgan fingerprint density at radius 2 is 1.56 bits per heavy atom. The van der Waals surface area contributed by atoms with Gasteiger partial charge in [0.2, 0.25) is 11.8 Å². The van der Waals surface area contributed by atoms with Crippen LogP contribution in [0, 0.1) is 5.92 Å². The Balaban J connectivity index is 1.25. The topological polar surface area (TPSA) is 99.3 Å². The van der Waals surface area contributed by atoms with Crippen molar-refractivity contribution in [3.63, 3.8) is 0 Å². The van der Waals surface area contributed by atoms with Crippen molar-refractivity contribution in [1.29, 1.82) is 0 Å². The summed E-state index contributed by atoms with van der Waals surface area (Å²) < 4.78 is 32.9. The number of hydrogen-bond donors (Lipinski definition) is 1. The van der Waals surface area contributed by atoms with Gasteiger partial charge >= 0.3 is 0 Å². The van der Waals surface area contributed by atoms with Gasteiger partial charge in [0.05, 0.1) is 17.9 Å². The Labute approximate surface area is 200 Å². The molecule has 0 bridgehead atoms. The van der Waals surface area contributed by atoms with Crippen LogP contribution in [-0.4, -0.2) is 81.3 Å². The van der Waals surface area contributed by atoms with E-state index in [1.54, 1.807) is 29.2 Å². The van der Waals surface area contributed by atoms with Crippen molar-refractivity contribution in [1.82, 2.24) is 14.7 Å². The van der Waals surface area contributed by atoms with E-state index in [1.165, 1.54) is 26.2 Å². The number of hydrogen-bond acceptors (Lipinski definition) is 6. The molecule has 2 aromatic rings. The number of carbonyl (C=O) groups excluding carboxylic acids is 2. The standard InChI is InChI=1S/C24H30N4O5S/c1-18(29)28-16-20(17-28)24(30)27-13-11-26(12-14-27)15-19-3-5-21(6-4-19)25-34(31,32)23-9-7-22(33-2)8-10-23/h3-10,20,25H,11-17H2,1-2H3. The molecule has 0 atom stereocenters. The van der Waals surface area contributed by atoms with Crippen LogP contribution in [0.25, 0.3) is 0 Å². The van der Waals surface area contributed by atoms with Crippen molar-refractivity contribution in [2.24, 2.45) is 5.92 Å². The average Bonchev–Trinajstić information content (AvgIpc) is 2.79. The van der Waals surface area contributed by atoms with Crippen LogP contribution in [0.5, 0.6) is 5.75 Å². The summed E-state index contributed by atoms with van der Waals surface area (Å²) in [7, 11) is -2.15. The fourth-order valence-corrected chi connectivity index (χ4v) is 5.24. The number of anilines is 1. The first-order valence-corrected chi connectivity index (χ1v) is 12.8. The third-order valence-electron chi connectivity index (χ3n) is 6.34. The first-order valence-electron chi connectivity index (χ1n) is 11.3. The minimum absolute atomic E-state index is 0.0217. The second kappa shape index (κ2) is 10.0. The summed E-state index contributed by atoms with van der Waals surface area (Å²) in [6.45, 7) is 6.23. The zero-order valence-electron chi connectivity index (χ0n) is 19.4. The Morgan fingerprint density at radius 1 is 0.941 bits per heavy atom. The van der Waals surface area contributed by atoms with Crippen molar-refractivity contribution < 1.29 is 22.7 Å². The molecule has 0 radical (unpaired) electrons. The maximum atomic E-state index is 12.6. The second-order valence-electron chi connectivity index (χ2n) is 8.70. The predicted molar refractivity (Wildman–Crippen MR) is 128 cm³/mol. The van der Waals surface area contributed by atoms with E-state index in [1.807, 2.05) is 17.0 Å². The van der Waals surface area contributed by atoms with Gasteiger partial charge in [-0.25, -0.2) is 8.42 Å². The van der Waals surface area contributed by atoms with Crippen LogP contribution in [0.4, 0.5) is 5.69 Å². The molecule has 4 rings (SSSR count). The quantitative estimate of drug-likeness (QED) is 0.639. The van der Waals surface area contributed by atoms with E-state index < -0.39 is 10.0 Å². The Bertz CT molecular complexity index is 1120. The molecule has 2 aromatic carbocycles. The Kier molecular flexibility index (Phi) is 7.08. The molecule has 1 N–H and O–H groups in total. The van der Waals surface area contributed by atoms with E-state index >= 15 is 0 Å². The van der Waals surface area contributed by atoms with Crippen LogP contribution in [0.3, 0.4) is 0 Å². The molecule has 2 amide bonds. The van der Waals surface area contributed by atoms with Crippen LogP contribution in [-0.2, 0) is 26.2 Å². The van der Waals surface area contributed by atoms with Gasteiger partial charge < -0.3 is 14.5 Å². The van der Waals surface area contributed by atoms with Gasteiger partial charge in [-0.2, -0.15) is 0 Å². The third-order valence-corrected chi connectivity index (χ3v) is 7.74. The highest BCUT2D eigenvalue weighted by Crippen LogP contribution is 2.21. The summed E-state index contributed by atoms with van der Waals surface area (Å²) in [6.07, 6.45) is 0. The summed E-state index contributed by atoms with van der Waals surface area (Å²) in [6, 6.07) is 13.6. The largest absolute Gasteiger partial charge is 0.497 e. The minimum atomic E-state index is -3.68. The van der Waals surface area contributed by atoms with Gasteiger partial charge in [-0.1, -0.05) is 12.1 Å². The minimum Gasteiger partial charge on any atom is -0.497 e. The Morgan fingerprint density at radius 3 is 2.12 bits per heavy atom. The lowest BCUT2D eigenvalue weighted by Gasteiger charge is -2.42. The van der Waals surface area contributed by atoms with Gasteiger partial charge in [0.1, 0.15) is 5.75 Å². The lowest BCUT2D eigenvalue weighted by molar-refractivity contribution is -0.148. The molecule has 2 heterocycles. The third kappa shape index (κ3) is 5.51. The molecule has 0 unspecified atom stereocenters. The number of amides is 2. The normalized spacial score (nSPS) is 17.2. The fraction of sp³-hybridized carbons (Fsp3) is 0.417. The van der Waals surface area contributed by atoms with Gasteiger partial charge in [0.25, 0.3) is 10.0 Å². The van der Waals surface area contributed by atoms with E-state index in [2.05, 4.69) is 9.62 Å². The summed E-state index contributed by atoms with van der Waals surface area (Å²) >= 11 is 0. The maximum Gasteiger partial charge on any atom is 0.261 e. The number of benzene rings is 2. The lowest BCUT2D eigenvalue weighted by Crippen LogP contribution is -2.58. The van der Waals surface area contributed by atoms with Crippen LogP contribution < -0.4 is 9.46 Å². The van der Waals surface area contributed by atoms with Crippen LogP contribution in [0.2, 0.25) is 0 Å². The molecular formula is C24H30N4O5S. The van der Waals surface area contributed by atoms with Crippen molar-refractivity contribution in [2.75, 3.05) is 51.1 Å². The molecule has 0 aromatic heterocycles. The molecule has 0 aliphatic carbocycles. The highest BCUT2D eigenvalue weighted by Gasteiger charge is 2.37. The monoisotopic (exact) mass is 486 g/mol. The number of likely N-dealkylation sites (tertiary alicyclic amines) is 1. The molecule has 182 valence electrons. The number of carbonyl (C=O) groups is 2. The summed E-state index contributed by atoms with van der Waals surface area (Å²) in [5.74, 6) is 0.694. The van der Waals surface area contributed by atoms with Gasteiger partial charge in [0.15, 0.2) is 0 Å². The first-order chi connectivity index (χ1) is 16.2. The smallest absolute Gasteiger partial charge is 0.261 e. The number of sulfonamides is 1. The van der Waals surface area contributed by atoms with Crippen molar-refractivity contribution in [3.8, 4) is 5.75 Å². The van der Waals surface area contributed by atoms with Crippen LogP contribution in [0.1, 0.15) is 12.5 Å². The van der Waals surface area contributed by atoms with Crippen LogP contribution in [0.15, 0.2) is 53.4 Å². The van der Waals surface area contributed by atoms with Gasteiger partial charge in [-0.3, -0.25) is 19.2 Å². The van der Waals surface area contributed by atoms with Crippen molar-refractivity contribution in [2.45, 2.75) is 18.4 Å². The zero-order valence-corrected chi connectivity index (χ0v) is 20.3.